The third kappa shape index (κ3) is 7.84. The Morgan fingerprint density at radius 1 is 1.09 bits per heavy atom. The van der Waals surface area contributed by atoms with E-state index in [2.05, 4.69) is 43.5 Å². The fraction of sp³-hybridized carbons (Fsp3) is 0.526. The number of rotatable bonds is 6. The molecular formula is C19H30N2O2. The zero-order chi connectivity index (χ0) is 17.5. The van der Waals surface area contributed by atoms with Gasteiger partial charge in [0.25, 0.3) is 0 Å². The second-order valence-electron chi connectivity index (χ2n) is 6.86. The van der Waals surface area contributed by atoms with Gasteiger partial charge in [-0.2, -0.15) is 0 Å². The molecule has 0 aromatic heterocycles. The molecule has 128 valence electrons. The second-order valence-corrected chi connectivity index (χ2v) is 6.86. The SMILES string of the molecule is Cc1cc(C)c(CNC/C=C/CNC(=O)OC(C)(C)C)c(C)c1. The lowest BCUT2D eigenvalue weighted by Gasteiger charge is -2.19. The third-order valence-corrected chi connectivity index (χ3v) is 3.33. The first-order valence-electron chi connectivity index (χ1n) is 8.08. The van der Waals surface area contributed by atoms with Crippen molar-refractivity contribution in [2.45, 2.75) is 53.7 Å². The van der Waals surface area contributed by atoms with Gasteiger partial charge in [-0.15, -0.1) is 0 Å². The zero-order valence-electron chi connectivity index (χ0n) is 15.2. The number of alkyl carbamates (subject to hydrolysis) is 1. The van der Waals surface area contributed by atoms with Gasteiger partial charge in [-0.05, 0) is 58.2 Å². The standard InChI is InChI=1S/C19H30N2O2/c1-14-11-15(2)17(16(3)12-14)13-20-9-7-8-10-21-18(22)23-19(4,5)6/h7-8,11-12,20H,9-10,13H2,1-6H3,(H,21,22)/b8-7+. The predicted molar refractivity (Wildman–Crippen MR) is 95.7 cm³/mol. The van der Waals surface area contributed by atoms with Gasteiger partial charge >= 0.3 is 6.09 Å². The Morgan fingerprint density at radius 2 is 1.65 bits per heavy atom. The number of hydrogen-bond acceptors (Lipinski definition) is 3. The number of benzene rings is 1. The molecule has 0 atom stereocenters. The predicted octanol–water partition coefficient (Wildman–Crippen LogP) is 3.78. The molecule has 1 amide bonds. The third-order valence-electron chi connectivity index (χ3n) is 3.33. The molecule has 0 unspecified atom stereocenters. The first kappa shape index (κ1) is 19.2. The fourth-order valence-corrected chi connectivity index (χ4v) is 2.39. The summed E-state index contributed by atoms with van der Waals surface area (Å²) in [4.78, 5) is 11.5. The van der Waals surface area contributed by atoms with E-state index in [-0.39, 0.29) is 6.09 Å². The highest BCUT2D eigenvalue weighted by molar-refractivity contribution is 5.67. The van der Waals surface area contributed by atoms with Crippen LogP contribution in [-0.4, -0.2) is 24.8 Å². The van der Waals surface area contributed by atoms with E-state index < -0.39 is 5.60 Å². The molecule has 1 rings (SSSR count). The van der Waals surface area contributed by atoms with Crippen molar-refractivity contribution in [3.05, 3.63) is 46.5 Å². The van der Waals surface area contributed by atoms with E-state index in [1.165, 1.54) is 22.3 Å². The zero-order valence-corrected chi connectivity index (χ0v) is 15.2. The molecule has 0 radical (unpaired) electrons. The maximum Gasteiger partial charge on any atom is 0.407 e. The summed E-state index contributed by atoms with van der Waals surface area (Å²) in [6.45, 7) is 14.1. The van der Waals surface area contributed by atoms with Crippen molar-refractivity contribution < 1.29 is 9.53 Å². The Bertz CT molecular complexity index is 534. The van der Waals surface area contributed by atoms with Crippen LogP contribution in [0.5, 0.6) is 0 Å². The maximum atomic E-state index is 11.5. The number of carbonyl (C=O) groups excluding carboxylic acids is 1. The molecule has 1 aromatic carbocycles. The number of amides is 1. The van der Waals surface area contributed by atoms with Crippen LogP contribution in [0.4, 0.5) is 4.79 Å². The largest absolute Gasteiger partial charge is 0.444 e. The minimum absolute atomic E-state index is 0.388. The summed E-state index contributed by atoms with van der Waals surface area (Å²) in [6, 6.07) is 4.43. The highest BCUT2D eigenvalue weighted by Crippen LogP contribution is 2.15. The number of nitrogens with one attached hydrogen (secondary N) is 2. The lowest BCUT2D eigenvalue weighted by molar-refractivity contribution is 0.0534. The average Bonchev–Trinajstić information content (AvgIpc) is 2.37. The molecule has 0 heterocycles. The van der Waals surface area contributed by atoms with Crippen LogP contribution in [0, 0.1) is 20.8 Å². The normalized spacial score (nSPS) is 11.7. The van der Waals surface area contributed by atoms with Crippen LogP contribution < -0.4 is 10.6 Å². The van der Waals surface area contributed by atoms with E-state index in [1.807, 2.05) is 32.9 Å². The van der Waals surface area contributed by atoms with Crippen molar-refractivity contribution >= 4 is 6.09 Å². The number of carbonyl (C=O) groups is 1. The number of ether oxygens (including phenoxy) is 1. The molecule has 2 N–H and O–H groups in total. The van der Waals surface area contributed by atoms with Gasteiger partial charge in [0.2, 0.25) is 0 Å². The van der Waals surface area contributed by atoms with Gasteiger partial charge in [0.1, 0.15) is 5.60 Å². The Hall–Kier alpha value is -1.81. The summed E-state index contributed by atoms with van der Waals surface area (Å²) in [6.07, 6.45) is 3.54. The Morgan fingerprint density at radius 3 is 2.22 bits per heavy atom. The van der Waals surface area contributed by atoms with E-state index in [0.717, 1.165) is 13.1 Å². The van der Waals surface area contributed by atoms with Gasteiger partial charge in [0.15, 0.2) is 0 Å². The molecule has 0 aliphatic carbocycles. The summed E-state index contributed by atoms with van der Waals surface area (Å²) >= 11 is 0. The van der Waals surface area contributed by atoms with E-state index >= 15 is 0 Å². The molecule has 0 aliphatic heterocycles. The highest BCUT2D eigenvalue weighted by Gasteiger charge is 2.14. The summed E-state index contributed by atoms with van der Waals surface area (Å²) in [7, 11) is 0. The fourth-order valence-electron chi connectivity index (χ4n) is 2.39. The van der Waals surface area contributed by atoms with Gasteiger partial charge in [0.05, 0.1) is 0 Å². The molecule has 0 saturated heterocycles. The van der Waals surface area contributed by atoms with Crippen molar-refractivity contribution in [2.75, 3.05) is 13.1 Å². The quantitative estimate of drug-likeness (QED) is 0.620. The van der Waals surface area contributed by atoms with Gasteiger partial charge in [-0.3, -0.25) is 0 Å². The molecule has 0 bridgehead atoms. The molecule has 4 nitrogen and oxygen atoms in total. The Labute approximate surface area is 140 Å². The molecule has 4 heteroatoms. The van der Waals surface area contributed by atoms with Gasteiger partial charge in [-0.1, -0.05) is 29.8 Å². The van der Waals surface area contributed by atoms with Crippen molar-refractivity contribution in [1.82, 2.24) is 10.6 Å². The van der Waals surface area contributed by atoms with E-state index in [0.29, 0.717) is 6.54 Å². The maximum absolute atomic E-state index is 11.5. The minimum Gasteiger partial charge on any atom is -0.444 e. The molecule has 1 aromatic rings. The van der Waals surface area contributed by atoms with Gasteiger partial charge < -0.3 is 15.4 Å². The van der Waals surface area contributed by atoms with Crippen molar-refractivity contribution in [2.24, 2.45) is 0 Å². The van der Waals surface area contributed by atoms with E-state index in [1.54, 1.807) is 0 Å². The first-order chi connectivity index (χ1) is 10.7. The molecule has 0 saturated carbocycles. The monoisotopic (exact) mass is 318 g/mol. The summed E-state index contributed by atoms with van der Waals surface area (Å²) in [5.74, 6) is 0. The van der Waals surface area contributed by atoms with Crippen LogP contribution in [0.3, 0.4) is 0 Å². The summed E-state index contributed by atoms with van der Waals surface area (Å²) in [5, 5.41) is 6.09. The lowest BCUT2D eigenvalue weighted by Crippen LogP contribution is -2.32. The molecular weight excluding hydrogens is 288 g/mol. The van der Waals surface area contributed by atoms with Gasteiger partial charge in [-0.25, -0.2) is 4.79 Å². The summed E-state index contributed by atoms with van der Waals surface area (Å²) < 4.78 is 5.16. The van der Waals surface area contributed by atoms with Crippen LogP contribution in [-0.2, 0) is 11.3 Å². The summed E-state index contributed by atoms with van der Waals surface area (Å²) in [5.41, 5.74) is 4.85. The Kier molecular flexibility index (Phi) is 7.30. The van der Waals surface area contributed by atoms with Crippen LogP contribution in [0.1, 0.15) is 43.0 Å². The van der Waals surface area contributed by atoms with Crippen LogP contribution >= 0.6 is 0 Å². The molecule has 0 spiro atoms. The molecule has 0 fully saturated rings. The van der Waals surface area contributed by atoms with E-state index in [9.17, 15) is 4.79 Å². The molecule has 0 aliphatic rings. The molecule has 23 heavy (non-hydrogen) atoms. The second kappa shape index (κ2) is 8.73. The number of aryl methyl sites for hydroxylation is 3. The topological polar surface area (TPSA) is 50.4 Å². The van der Waals surface area contributed by atoms with E-state index in [4.69, 9.17) is 4.74 Å². The van der Waals surface area contributed by atoms with Crippen LogP contribution in [0.15, 0.2) is 24.3 Å². The van der Waals surface area contributed by atoms with Crippen molar-refractivity contribution in [3.8, 4) is 0 Å². The average molecular weight is 318 g/mol. The first-order valence-corrected chi connectivity index (χ1v) is 8.08. The smallest absolute Gasteiger partial charge is 0.407 e. The highest BCUT2D eigenvalue weighted by atomic mass is 16.6. The number of hydrogen-bond donors (Lipinski definition) is 2. The minimum atomic E-state index is -0.459. The Balaban J connectivity index is 2.27. The lowest BCUT2D eigenvalue weighted by atomic mass is 10.00. The van der Waals surface area contributed by atoms with Crippen LogP contribution in [0.2, 0.25) is 0 Å². The van der Waals surface area contributed by atoms with Crippen molar-refractivity contribution in [3.63, 3.8) is 0 Å². The van der Waals surface area contributed by atoms with Crippen LogP contribution in [0.25, 0.3) is 0 Å². The van der Waals surface area contributed by atoms with Crippen molar-refractivity contribution in [1.29, 1.82) is 0 Å². The van der Waals surface area contributed by atoms with Gasteiger partial charge in [0, 0.05) is 19.6 Å².